The SMILES string of the molecule is NCCOCCOCCOCCOCCOCCOCCC(=O)N[C@H](Cc1ccc2ccc3cccc4ccc1c2c34)C(=O)N[C@@H](Cc1ccc2ccc3cccc4ccc1c2c34)C(=O)NCCOCCOCCOCCOCCOCCOCCC(N)=O. The molecule has 0 aliphatic rings. The fraction of sp³-hybridized carbons (Fsp3) is 0.471. The Bertz CT molecular complexity index is 3360. The maximum atomic E-state index is 15.1. The minimum absolute atomic E-state index is 0.0154. The predicted octanol–water partition coefficient (Wildman–Crippen LogP) is 5.78. The zero-order chi connectivity index (χ0) is 62.1. The van der Waals surface area contributed by atoms with Crippen LogP contribution in [0, 0.1) is 0 Å². The average Bonchev–Trinajstić information content (AvgIpc) is 0.900. The summed E-state index contributed by atoms with van der Waals surface area (Å²) >= 11 is 0. The van der Waals surface area contributed by atoms with Crippen LogP contribution in [0.1, 0.15) is 24.0 Å². The maximum absolute atomic E-state index is 15.1. The normalized spacial score (nSPS) is 12.6. The van der Waals surface area contributed by atoms with Gasteiger partial charge in [0, 0.05) is 38.8 Å². The topological polar surface area (TPSA) is 267 Å². The van der Waals surface area contributed by atoms with Gasteiger partial charge in [0.1, 0.15) is 12.1 Å². The maximum Gasteiger partial charge on any atom is 0.243 e. The van der Waals surface area contributed by atoms with Crippen LogP contribution in [0.15, 0.2) is 109 Å². The van der Waals surface area contributed by atoms with E-state index in [1.807, 2.05) is 24.3 Å². The molecule has 0 aromatic heterocycles. The van der Waals surface area contributed by atoms with Crippen molar-refractivity contribution >= 4 is 88.3 Å². The number of rotatable bonds is 49. The molecule has 0 fully saturated rings. The number of nitrogens with one attached hydrogen (secondary N) is 3. The molecule has 480 valence electrons. The molecule has 8 aromatic rings. The smallest absolute Gasteiger partial charge is 0.243 e. The van der Waals surface area contributed by atoms with Crippen molar-refractivity contribution < 1.29 is 76.0 Å². The minimum Gasteiger partial charge on any atom is -0.379 e. The first-order valence-electron chi connectivity index (χ1n) is 30.9. The van der Waals surface area contributed by atoms with E-state index in [9.17, 15) is 14.4 Å². The quantitative estimate of drug-likeness (QED) is 0.0224. The molecular weight excluding hydrogens is 1140 g/mol. The summed E-state index contributed by atoms with van der Waals surface area (Å²) in [6.07, 6.45) is 0.484. The molecule has 0 saturated heterocycles. The van der Waals surface area contributed by atoms with Crippen LogP contribution in [0.25, 0.3) is 64.6 Å². The highest BCUT2D eigenvalue weighted by molar-refractivity contribution is 6.24. The van der Waals surface area contributed by atoms with Crippen molar-refractivity contribution in [3.05, 3.63) is 120 Å². The van der Waals surface area contributed by atoms with Crippen molar-refractivity contribution in [2.45, 2.75) is 37.8 Å². The molecule has 0 spiro atoms. The van der Waals surface area contributed by atoms with E-state index in [1.54, 1.807) is 0 Å². The number of carbonyl (C=O) groups is 4. The summed E-state index contributed by atoms with van der Waals surface area (Å²) in [6.45, 7) is 9.64. The summed E-state index contributed by atoms with van der Waals surface area (Å²) in [5.74, 6) is -1.69. The molecule has 0 radical (unpaired) electrons. The Kier molecular flexibility index (Phi) is 29.6. The lowest BCUT2D eigenvalue weighted by Crippen LogP contribution is -2.55. The molecule has 89 heavy (non-hydrogen) atoms. The van der Waals surface area contributed by atoms with Crippen LogP contribution in [0.2, 0.25) is 0 Å². The standard InChI is InChI=1S/C68H87N5O16/c69-21-25-80-29-33-84-37-41-88-45-43-87-40-36-83-32-28-79-24-20-62(75)72-60(48-56-14-12-54-10-8-50-4-2-6-52-16-18-58(56)66(54)64(50)52)68(77)73-59(47-55-13-11-53-9-7-49-3-1-5-51-15-17-57(55)65(53)63(49)51)67(76)71-22-26-81-30-34-85-38-42-89-46-44-86-39-35-82-31-27-78-23-19-61(70)74/h1-18,59-60H,19-48,69H2,(H2,70,74)(H,71,76)(H,72,75)(H,73,77)/t59-,60+/m0/s1. The van der Waals surface area contributed by atoms with Gasteiger partial charge in [-0.25, -0.2) is 0 Å². The second-order valence-electron chi connectivity index (χ2n) is 21.1. The summed E-state index contributed by atoms with van der Waals surface area (Å²) in [7, 11) is 0. The van der Waals surface area contributed by atoms with E-state index in [0.29, 0.717) is 139 Å². The van der Waals surface area contributed by atoms with E-state index in [1.165, 1.54) is 0 Å². The third kappa shape index (κ3) is 22.0. The lowest BCUT2D eigenvalue weighted by atomic mass is 9.89. The Morgan fingerprint density at radius 1 is 0.337 bits per heavy atom. The second kappa shape index (κ2) is 38.7. The number of benzene rings is 8. The van der Waals surface area contributed by atoms with Crippen LogP contribution < -0.4 is 27.4 Å². The zero-order valence-electron chi connectivity index (χ0n) is 50.9. The Morgan fingerprint density at radius 3 is 1.03 bits per heavy atom. The molecule has 0 aliphatic heterocycles. The number of hydrogen-bond donors (Lipinski definition) is 5. The summed E-state index contributed by atoms with van der Waals surface area (Å²) in [5.41, 5.74) is 12.3. The number of primary amides is 1. The molecule has 0 bridgehead atoms. The number of hydrogen-bond acceptors (Lipinski definition) is 17. The molecule has 21 heteroatoms. The molecular formula is C68H87N5O16. The Morgan fingerprint density at radius 2 is 0.652 bits per heavy atom. The third-order valence-electron chi connectivity index (χ3n) is 14.9. The number of carbonyl (C=O) groups excluding carboxylic acids is 4. The van der Waals surface area contributed by atoms with Crippen molar-refractivity contribution in [2.24, 2.45) is 11.5 Å². The van der Waals surface area contributed by atoms with Crippen LogP contribution >= 0.6 is 0 Å². The van der Waals surface area contributed by atoms with Gasteiger partial charge in [0.05, 0.1) is 159 Å². The van der Waals surface area contributed by atoms with Crippen LogP contribution in [0.4, 0.5) is 0 Å². The highest BCUT2D eigenvalue weighted by Crippen LogP contribution is 2.38. The van der Waals surface area contributed by atoms with E-state index < -0.39 is 29.8 Å². The molecule has 21 nitrogen and oxygen atoms in total. The summed E-state index contributed by atoms with van der Waals surface area (Å²) in [4.78, 5) is 54.3. The van der Waals surface area contributed by atoms with Gasteiger partial charge in [0.2, 0.25) is 23.6 Å². The minimum atomic E-state index is -1.07. The van der Waals surface area contributed by atoms with Gasteiger partial charge in [-0.15, -0.1) is 0 Å². The number of ether oxygens (including phenoxy) is 12. The first-order valence-corrected chi connectivity index (χ1v) is 30.9. The number of nitrogens with two attached hydrogens (primary N) is 2. The van der Waals surface area contributed by atoms with Gasteiger partial charge in [-0.3, -0.25) is 19.2 Å². The molecule has 0 heterocycles. The van der Waals surface area contributed by atoms with E-state index >= 15 is 4.79 Å². The fourth-order valence-corrected chi connectivity index (χ4v) is 10.5. The highest BCUT2D eigenvalue weighted by Gasteiger charge is 2.29. The molecule has 0 saturated carbocycles. The van der Waals surface area contributed by atoms with Gasteiger partial charge in [0.25, 0.3) is 0 Å². The van der Waals surface area contributed by atoms with E-state index in [0.717, 1.165) is 75.8 Å². The van der Waals surface area contributed by atoms with E-state index in [-0.39, 0.29) is 64.6 Å². The van der Waals surface area contributed by atoms with Gasteiger partial charge in [-0.05, 0) is 75.8 Å². The van der Waals surface area contributed by atoms with Gasteiger partial charge < -0.3 is 84.3 Å². The van der Waals surface area contributed by atoms with Gasteiger partial charge in [-0.1, -0.05) is 109 Å². The van der Waals surface area contributed by atoms with Crippen LogP contribution in [0.3, 0.4) is 0 Å². The first-order chi connectivity index (χ1) is 43.8. The predicted molar refractivity (Wildman–Crippen MR) is 342 cm³/mol. The van der Waals surface area contributed by atoms with E-state index in [2.05, 4.69) is 101 Å². The molecule has 8 aromatic carbocycles. The lowest BCUT2D eigenvalue weighted by molar-refractivity contribution is -0.132. The molecule has 0 aliphatic carbocycles. The molecule has 0 unspecified atom stereocenters. The van der Waals surface area contributed by atoms with Crippen molar-refractivity contribution in [3.63, 3.8) is 0 Å². The average molecular weight is 1230 g/mol. The van der Waals surface area contributed by atoms with Crippen LogP contribution in [-0.4, -0.2) is 207 Å². The molecule has 2 atom stereocenters. The van der Waals surface area contributed by atoms with E-state index in [4.69, 9.17) is 68.3 Å². The van der Waals surface area contributed by atoms with Gasteiger partial charge in [-0.2, -0.15) is 0 Å². The van der Waals surface area contributed by atoms with Crippen molar-refractivity contribution in [1.82, 2.24) is 16.0 Å². The summed E-state index contributed by atoms with van der Waals surface area (Å²) < 4.78 is 66.6. The van der Waals surface area contributed by atoms with Crippen molar-refractivity contribution in [3.8, 4) is 0 Å². The first kappa shape index (κ1) is 68.1. The second-order valence-corrected chi connectivity index (χ2v) is 21.1. The summed E-state index contributed by atoms with van der Waals surface area (Å²) in [6, 6.07) is 35.4. The Labute approximate surface area is 519 Å². The monoisotopic (exact) mass is 1230 g/mol. The Balaban J connectivity index is 0.841. The summed E-state index contributed by atoms with van der Waals surface area (Å²) in [5, 5.41) is 22.2. The van der Waals surface area contributed by atoms with Crippen LogP contribution in [0.5, 0.6) is 0 Å². The molecule has 4 amide bonds. The van der Waals surface area contributed by atoms with Crippen molar-refractivity contribution in [2.75, 3.05) is 172 Å². The van der Waals surface area contributed by atoms with Gasteiger partial charge in [0.15, 0.2) is 0 Å². The van der Waals surface area contributed by atoms with Crippen molar-refractivity contribution in [1.29, 1.82) is 0 Å². The Hall–Kier alpha value is -6.80. The number of amides is 4. The molecule has 7 N–H and O–H groups in total. The van der Waals surface area contributed by atoms with Crippen LogP contribution in [-0.2, 0) is 88.9 Å². The lowest BCUT2D eigenvalue weighted by Gasteiger charge is -2.25. The third-order valence-corrected chi connectivity index (χ3v) is 14.9. The van der Waals surface area contributed by atoms with Gasteiger partial charge >= 0.3 is 0 Å². The zero-order valence-corrected chi connectivity index (χ0v) is 50.9. The molecule has 8 rings (SSSR count). The largest absolute Gasteiger partial charge is 0.379 e. The highest BCUT2D eigenvalue weighted by atomic mass is 16.6. The fourth-order valence-electron chi connectivity index (χ4n) is 10.5.